The van der Waals surface area contributed by atoms with Gasteiger partial charge in [0, 0.05) is 6.20 Å². The minimum atomic E-state index is 0.622. The average molecular weight is 139 g/mol. The van der Waals surface area contributed by atoms with Crippen LogP contribution in [-0.4, -0.2) is 9.97 Å². The summed E-state index contributed by atoms with van der Waals surface area (Å²) in [5, 5.41) is 0.622. The zero-order valence-electron chi connectivity index (χ0n) is 4.59. The fourth-order valence-electron chi connectivity index (χ4n) is 0.762. The topological polar surface area (TPSA) is 54.7 Å². The molecule has 3 N–H and O–H groups in total. The maximum atomic E-state index is 5.42. The quantitative estimate of drug-likeness (QED) is 0.576. The third-order valence-electron chi connectivity index (χ3n) is 1.12. The first-order valence-electron chi connectivity index (χ1n) is 2.55. The van der Waals surface area contributed by atoms with E-state index in [1.807, 2.05) is 12.3 Å². The molecule has 0 radical (unpaired) electrons. The largest absolute Gasteiger partial charge is 0.375 e. The van der Waals surface area contributed by atoms with Crippen LogP contribution in [0, 0.1) is 0 Å². The van der Waals surface area contributed by atoms with Crippen LogP contribution in [0.3, 0.4) is 0 Å². The van der Waals surface area contributed by atoms with E-state index in [0.29, 0.717) is 5.13 Å². The van der Waals surface area contributed by atoms with E-state index in [2.05, 4.69) is 9.97 Å². The smallest absolute Gasteiger partial charge is 0.182 e. The van der Waals surface area contributed by atoms with Crippen LogP contribution in [-0.2, 0) is 0 Å². The highest BCUT2D eigenvalue weighted by molar-refractivity contribution is 7.22. The van der Waals surface area contributed by atoms with Gasteiger partial charge >= 0.3 is 0 Å². The molecular formula is C5H5N3S. The number of anilines is 1. The monoisotopic (exact) mass is 139 g/mol. The van der Waals surface area contributed by atoms with Crippen molar-refractivity contribution in [2.75, 3.05) is 5.73 Å². The lowest BCUT2D eigenvalue weighted by Crippen LogP contribution is -1.79. The van der Waals surface area contributed by atoms with Gasteiger partial charge < -0.3 is 10.7 Å². The zero-order chi connectivity index (χ0) is 6.27. The Kier molecular flexibility index (Phi) is 0.790. The molecule has 0 aliphatic rings. The van der Waals surface area contributed by atoms with Crippen LogP contribution in [0.2, 0.25) is 0 Å². The lowest BCUT2D eigenvalue weighted by Gasteiger charge is -1.71. The van der Waals surface area contributed by atoms with E-state index in [1.165, 1.54) is 11.3 Å². The van der Waals surface area contributed by atoms with Gasteiger partial charge in [0.1, 0.15) is 0 Å². The highest BCUT2D eigenvalue weighted by Crippen LogP contribution is 2.21. The number of aromatic amines is 1. The van der Waals surface area contributed by atoms with Crippen molar-refractivity contribution in [3.8, 4) is 0 Å². The molecule has 0 bridgehead atoms. The maximum absolute atomic E-state index is 5.42. The molecule has 46 valence electrons. The van der Waals surface area contributed by atoms with Crippen molar-refractivity contribution < 1.29 is 0 Å². The number of hydrogen-bond donors (Lipinski definition) is 2. The summed E-state index contributed by atoms with van der Waals surface area (Å²) in [6, 6.07) is 1.96. The number of fused-ring (bicyclic) bond motifs is 1. The predicted octanol–water partition coefficient (Wildman–Crippen LogP) is 1.21. The molecule has 3 nitrogen and oxygen atoms in total. The van der Waals surface area contributed by atoms with E-state index in [9.17, 15) is 0 Å². The Labute approximate surface area is 55.5 Å². The van der Waals surface area contributed by atoms with Gasteiger partial charge in [0.25, 0.3) is 0 Å². The number of aromatic nitrogens is 2. The average Bonchev–Trinajstić information content (AvgIpc) is 2.22. The predicted molar refractivity (Wildman–Crippen MR) is 38.4 cm³/mol. The van der Waals surface area contributed by atoms with Crippen LogP contribution in [0.1, 0.15) is 0 Å². The van der Waals surface area contributed by atoms with Crippen molar-refractivity contribution in [2.45, 2.75) is 0 Å². The molecule has 2 aromatic heterocycles. The van der Waals surface area contributed by atoms with E-state index in [1.54, 1.807) is 0 Å². The van der Waals surface area contributed by atoms with Gasteiger partial charge in [0.15, 0.2) is 10.8 Å². The van der Waals surface area contributed by atoms with Gasteiger partial charge in [-0.3, -0.25) is 0 Å². The fourth-order valence-corrected chi connectivity index (χ4v) is 1.46. The van der Waals surface area contributed by atoms with Crippen LogP contribution >= 0.6 is 11.3 Å². The molecule has 2 rings (SSSR count). The molecule has 0 amide bonds. The number of nitrogen functional groups attached to an aromatic ring is 1. The van der Waals surface area contributed by atoms with Gasteiger partial charge in [-0.05, 0) is 6.07 Å². The summed E-state index contributed by atoms with van der Waals surface area (Å²) in [4.78, 5) is 6.97. The van der Waals surface area contributed by atoms with Crippen molar-refractivity contribution >= 4 is 26.8 Å². The normalized spacial score (nSPS) is 10.7. The molecule has 0 spiro atoms. The molecule has 4 heteroatoms. The number of nitrogens with two attached hydrogens (primary N) is 1. The van der Waals surface area contributed by atoms with Gasteiger partial charge in [-0.1, -0.05) is 11.3 Å². The number of H-pyrrole nitrogens is 1. The van der Waals surface area contributed by atoms with Crippen LogP contribution in [0.25, 0.3) is 10.3 Å². The molecule has 9 heavy (non-hydrogen) atoms. The molecule has 0 saturated heterocycles. The minimum absolute atomic E-state index is 0.622. The van der Waals surface area contributed by atoms with E-state index in [0.717, 1.165) is 10.3 Å². The third kappa shape index (κ3) is 0.598. The summed E-state index contributed by atoms with van der Waals surface area (Å²) in [5.41, 5.74) is 6.31. The van der Waals surface area contributed by atoms with Crippen LogP contribution in [0.5, 0.6) is 0 Å². The maximum Gasteiger partial charge on any atom is 0.182 e. The molecule has 2 heterocycles. The van der Waals surface area contributed by atoms with Crippen LogP contribution in [0.4, 0.5) is 5.13 Å². The number of nitrogens with zero attached hydrogens (tertiary/aromatic N) is 1. The first-order valence-corrected chi connectivity index (χ1v) is 3.37. The molecule has 0 unspecified atom stereocenters. The van der Waals surface area contributed by atoms with Crippen LogP contribution < -0.4 is 5.73 Å². The number of rotatable bonds is 0. The Morgan fingerprint density at radius 2 is 2.56 bits per heavy atom. The first-order chi connectivity index (χ1) is 4.36. The van der Waals surface area contributed by atoms with E-state index >= 15 is 0 Å². The van der Waals surface area contributed by atoms with Gasteiger partial charge in [-0.15, -0.1) is 0 Å². The third-order valence-corrected chi connectivity index (χ3v) is 1.97. The lowest BCUT2D eigenvalue weighted by atomic mass is 10.6. The molecule has 0 aromatic carbocycles. The van der Waals surface area contributed by atoms with E-state index in [4.69, 9.17) is 5.73 Å². The van der Waals surface area contributed by atoms with Crippen molar-refractivity contribution in [3.05, 3.63) is 12.3 Å². The Morgan fingerprint density at radius 1 is 1.67 bits per heavy atom. The van der Waals surface area contributed by atoms with E-state index in [-0.39, 0.29) is 0 Å². The Morgan fingerprint density at radius 3 is 3.33 bits per heavy atom. The number of thiazole rings is 1. The molecule has 2 aromatic rings. The molecule has 0 atom stereocenters. The summed E-state index contributed by atoms with van der Waals surface area (Å²) in [6.07, 6.45) is 1.85. The summed E-state index contributed by atoms with van der Waals surface area (Å²) in [5.74, 6) is 0. The van der Waals surface area contributed by atoms with E-state index < -0.39 is 0 Å². The second kappa shape index (κ2) is 1.48. The molecule has 0 fully saturated rings. The van der Waals surface area contributed by atoms with Gasteiger partial charge in [0.2, 0.25) is 0 Å². The highest BCUT2D eigenvalue weighted by atomic mass is 32.1. The van der Waals surface area contributed by atoms with Crippen LogP contribution in [0.15, 0.2) is 12.3 Å². The number of nitrogens with one attached hydrogen (secondary N) is 1. The second-order valence-electron chi connectivity index (χ2n) is 1.74. The first kappa shape index (κ1) is 4.81. The Hall–Kier alpha value is -1.03. The van der Waals surface area contributed by atoms with Gasteiger partial charge in [0.05, 0.1) is 4.70 Å². The van der Waals surface area contributed by atoms with Gasteiger partial charge in [-0.2, -0.15) is 0 Å². The summed E-state index contributed by atoms with van der Waals surface area (Å²) < 4.78 is 1.12. The molecular weight excluding hydrogens is 134 g/mol. The van der Waals surface area contributed by atoms with Crippen molar-refractivity contribution in [2.24, 2.45) is 0 Å². The number of hydrogen-bond acceptors (Lipinski definition) is 3. The summed E-state index contributed by atoms with van der Waals surface area (Å²) in [6.45, 7) is 0. The van der Waals surface area contributed by atoms with Gasteiger partial charge in [-0.25, -0.2) is 4.98 Å². The molecule has 0 aliphatic carbocycles. The summed E-state index contributed by atoms with van der Waals surface area (Å²) in [7, 11) is 0. The minimum Gasteiger partial charge on any atom is -0.375 e. The molecule has 0 aliphatic heterocycles. The highest BCUT2D eigenvalue weighted by Gasteiger charge is 1.97. The zero-order valence-corrected chi connectivity index (χ0v) is 5.40. The lowest BCUT2D eigenvalue weighted by molar-refractivity contribution is 1.37. The SMILES string of the molecule is Nc1nc2[nH]ccc2s1. The standard InChI is InChI=1S/C5H5N3S/c6-5-8-4-3(9-5)1-2-7-4/h1-2,7H,(H2,6,8). The summed E-state index contributed by atoms with van der Waals surface area (Å²) >= 11 is 1.49. The second-order valence-corrected chi connectivity index (χ2v) is 2.80. The molecule has 0 saturated carbocycles. The van der Waals surface area contributed by atoms with Crippen molar-refractivity contribution in [3.63, 3.8) is 0 Å². The Bertz CT molecular complexity index is 293. The van der Waals surface area contributed by atoms with Crippen molar-refractivity contribution in [1.29, 1.82) is 0 Å². The fraction of sp³-hybridized carbons (Fsp3) is 0. The van der Waals surface area contributed by atoms with Crippen molar-refractivity contribution in [1.82, 2.24) is 9.97 Å². The Balaban J connectivity index is 2.92.